The van der Waals surface area contributed by atoms with E-state index in [0.717, 1.165) is 56.6 Å². The molecular formula is C38H57Cl3N2O2. The highest BCUT2D eigenvalue weighted by Gasteiger charge is 2.60. The lowest BCUT2D eigenvalue weighted by Gasteiger charge is -2.62. The van der Waals surface area contributed by atoms with Crippen LogP contribution in [0.15, 0.2) is 42.5 Å². The van der Waals surface area contributed by atoms with Crippen molar-refractivity contribution in [1.82, 2.24) is 10.2 Å². The molecule has 2 aliphatic carbocycles. The van der Waals surface area contributed by atoms with Crippen molar-refractivity contribution < 1.29 is 9.47 Å². The molecule has 0 bridgehead atoms. The van der Waals surface area contributed by atoms with Gasteiger partial charge in [0.25, 0.3) is 0 Å². The first-order chi connectivity index (χ1) is 21.4. The van der Waals surface area contributed by atoms with Crippen molar-refractivity contribution in [2.45, 2.75) is 132 Å². The van der Waals surface area contributed by atoms with Gasteiger partial charge in [-0.05, 0) is 135 Å². The number of likely N-dealkylation sites (N-methyl/N-ethyl adjacent to an activating group) is 2. The number of nitrogens with zero attached hydrogens (tertiary/aromatic N) is 1. The van der Waals surface area contributed by atoms with Gasteiger partial charge in [-0.25, -0.2) is 0 Å². The van der Waals surface area contributed by atoms with E-state index in [-0.39, 0.29) is 28.1 Å². The summed E-state index contributed by atoms with van der Waals surface area (Å²) in [7, 11) is 6.65. The summed E-state index contributed by atoms with van der Waals surface area (Å²) in [6, 6.07) is 15.2. The van der Waals surface area contributed by atoms with Crippen LogP contribution in [-0.4, -0.2) is 62.5 Å². The van der Waals surface area contributed by atoms with Gasteiger partial charge in [-0.3, -0.25) is 0 Å². The number of hydrogen-bond acceptors (Lipinski definition) is 4. The third kappa shape index (κ3) is 7.43. The van der Waals surface area contributed by atoms with Crippen LogP contribution in [0.4, 0.5) is 0 Å². The Morgan fingerprint density at radius 1 is 0.889 bits per heavy atom. The third-order valence-corrected chi connectivity index (χ3v) is 12.6. The van der Waals surface area contributed by atoms with E-state index < -0.39 is 0 Å². The highest BCUT2D eigenvalue weighted by atomic mass is 35.5. The average Bonchev–Trinajstić information content (AvgIpc) is 2.96. The molecule has 1 N–H and O–H groups in total. The van der Waals surface area contributed by atoms with Gasteiger partial charge in [0.1, 0.15) is 0 Å². The van der Waals surface area contributed by atoms with Gasteiger partial charge in [0, 0.05) is 35.1 Å². The first kappa shape index (κ1) is 37.0. The van der Waals surface area contributed by atoms with Crippen LogP contribution in [0.25, 0.3) is 0 Å². The Morgan fingerprint density at radius 3 is 2.02 bits per heavy atom. The normalized spacial score (nSPS) is 20.2. The zero-order chi connectivity index (χ0) is 32.9. The first-order valence-electron chi connectivity index (χ1n) is 17.2. The fourth-order valence-electron chi connectivity index (χ4n) is 8.59. The minimum atomic E-state index is -0.260. The van der Waals surface area contributed by atoms with Crippen molar-refractivity contribution in [3.05, 3.63) is 68.7 Å². The van der Waals surface area contributed by atoms with Gasteiger partial charge in [-0.2, -0.15) is 0 Å². The highest BCUT2D eigenvalue weighted by molar-refractivity contribution is 6.42. The molecule has 0 amide bonds. The number of nitrogens with one attached hydrogen (secondary N) is 1. The number of ether oxygens (including phenoxy) is 2. The first-order valence-corrected chi connectivity index (χ1v) is 18.4. The number of benzene rings is 2. The number of rotatable bonds is 18. The molecule has 7 heteroatoms. The van der Waals surface area contributed by atoms with Crippen LogP contribution in [0.2, 0.25) is 15.1 Å². The minimum absolute atomic E-state index is 0.0182. The van der Waals surface area contributed by atoms with E-state index in [0.29, 0.717) is 22.7 Å². The number of halogens is 3. The standard InChI is InChI=1S/C38H57Cl3N2O2/c1-8-35(3,4)45-26-12-25-38(43(6)7,37(23-11-24-37)29-15-18-31(40)32(41)27-29)34(44-9-2)20-19-33(42-5)36(21-10-22-36)28-13-16-30(39)17-14-28/h13-18,27,33-34,42H,8-12,19-26H2,1-7H3. The molecular weight excluding hydrogens is 623 g/mol. The maximum absolute atomic E-state index is 6.94. The predicted molar refractivity (Wildman–Crippen MR) is 192 cm³/mol. The summed E-state index contributed by atoms with van der Waals surface area (Å²) in [4.78, 5) is 2.49. The molecule has 0 spiro atoms. The molecule has 0 heterocycles. The van der Waals surface area contributed by atoms with Gasteiger partial charge in [-0.1, -0.05) is 72.8 Å². The van der Waals surface area contributed by atoms with Gasteiger partial charge >= 0.3 is 0 Å². The smallest absolute Gasteiger partial charge is 0.0767 e. The van der Waals surface area contributed by atoms with Crippen LogP contribution in [-0.2, 0) is 20.3 Å². The molecule has 0 aromatic heterocycles. The van der Waals surface area contributed by atoms with Gasteiger partial charge in [-0.15, -0.1) is 0 Å². The van der Waals surface area contributed by atoms with Crippen molar-refractivity contribution in [2.75, 3.05) is 34.4 Å². The number of hydrogen-bond donors (Lipinski definition) is 1. The molecule has 3 unspecified atom stereocenters. The largest absolute Gasteiger partial charge is 0.377 e. The van der Waals surface area contributed by atoms with E-state index in [1.807, 2.05) is 18.2 Å². The highest BCUT2D eigenvalue weighted by Crippen LogP contribution is 2.58. The Labute approximate surface area is 288 Å². The predicted octanol–water partition coefficient (Wildman–Crippen LogP) is 10.2. The van der Waals surface area contributed by atoms with E-state index in [1.165, 1.54) is 36.8 Å². The molecule has 3 atom stereocenters. The Hall–Kier alpha value is -0.850. The van der Waals surface area contributed by atoms with Crippen molar-refractivity contribution >= 4 is 34.8 Å². The molecule has 252 valence electrons. The zero-order valence-electron chi connectivity index (χ0n) is 28.8. The fraction of sp³-hybridized carbons (Fsp3) is 0.684. The summed E-state index contributed by atoms with van der Waals surface area (Å²) in [5, 5.41) is 5.79. The Morgan fingerprint density at radius 2 is 1.53 bits per heavy atom. The molecule has 4 nitrogen and oxygen atoms in total. The third-order valence-electron chi connectivity index (χ3n) is 11.7. The molecule has 0 aliphatic heterocycles. The molecule has 45 heavy (non-hydrogen) atoms. The minimum Gasteiger partial charge on any atom is -0.377 e. The summed E-state index contributed by atoms with van der Waals surface area (Å²) >= 11 is 19.5. The lowest BCUT2D eigenvalue weighted by molar-refractivity contribution is -0.131. The molecule has 4 rings (SSSR count). The van der Waals surface area contributed by atoms with Crippen LogP contribution in [0.1, 0.15) is 109 Å². The van der Waals surface area contributed by atoms with E-state index in [4.69, 9.17) is 44.3 Å². The Balaban J connectivity index is 1.73. The van der Waals surface area contributed by atoms with Gasteiger partial charge in [0.05, 0.1) is 27.3 Å². The summed E-state index contributed by atoms with van der Waals surface area (Å²) in [5.41, 5.74) is 2.29. The second kappa shape index (κ2) is 15.6. The Kier molecular flexibility index (Phi) is 12.8. The molecule has 2 saturated carbocycles. The molecule has 2 aromatic rings. The average molecular weight is 680 g/mol. The second-order valence-corrected chi connectivity index (χ2v) is 15.6. The Bertz CT molecular complexity index is 1230. The monoisotopic (exact) mass is 678 g/mol. The fourth-order valence-corrected chi connectivity index (χ4v) is 9.01. The van der Waals surface area contributed by atoms with Crippen LogP contribution in [0, 0.1) is 0 Å². The second-order valence-electron chi connectivity index (χ2n) is 14.3. The van der Waals surface area contributed by atoms with Crippen molar-refractivity contribution in [3.8, 4) is 0 Å². The molecule has 2 aliphatic rings. The van der Waals surface area contributed by atoms with E-state index in [1.54, 1.807) is 0 Å². The SMILES string of the molecule is CCOC(CCC(NC)C1(c2ccc(Cl)cc2)CCC1)C(CCCOC(C)(C)CC)(N(C)C)C1(c2ccc(Cl)c(Cl)c2)CCC1. The summed E-state index contributed by atoms with van der Waals surface area (Å²) in [6.45, 7) is 10.1. The summed E-state index contributed by atoms with van der Waals surface area (Å²) in [6.07, 6.45) is 11.9. The van der Waals surface area contributed by atoms with Crippen LogP contribution in [0.3, 0.4) is 0 Å². The van der Waals surface area contributed by atoms with Crippen molar-refractivity contribution in [2.24, 2.45) is 0 Å². The summed E-state index contributed by atoms with van der Waals surface area (Å²) in [5.74, 6) is 0. The van der Waals surface area contributed by atoms with Crippen LogP contribution >= 0.6 is 34.8 Å². The lowest BCUT2D eigenvalue weighted by atomic mass is 9.50. The maximum Gasteiger partial charge on any atom is 0.0767 e. The quantitative estimate of drug-likeness (QED) is 0.159. The molecule has 0 radical (unpaired) electrons. The van der Waals surface area contributed by atoms with E-state index in [9.17, 15) is 0 Å². The van der Waals surface area contributed by atoms with E-state index in [2.05, 4.69) is 83.3 Å². The van der Waals surface area contributed by atoms with Crippen LogP contribution < -0.4 is 5.32 Å². The zero-order valence-corrected chi connectivity index (χ0v) is 31.1. The topological polar surface area (TPSA) is 33.7 Å². The molecule has 0 saturated heterocycles. The maximum atomic E-state index is 6.94. The summed E-state index contributed by atoms with van der Waals surface area (Å²) < 4.78 is 13.4. The van der Waals surface area contributed by atoms with E-state index >= 15 is 0 Å². The van der Waals surface area contributed by atoms with Crippen molar-refractivity contribution in [3.63, 3.8) is 0 Å². The van der Waals surface area contributed by atoms with Crippen molar-refractivity contribution in [1.29, 1.82) is 0 Å². The van der Waals surface area contributed by atoms with Gasteiger partial charge in [0.15, 0.2) is 0 Å². The van der Waals surface area contributed by atoms with Gasteiger partial charge in [0.2, 0.25) is 0 Å². The van der Waals surface area contributed by atoms with Crippen LogP contribution in [0.5, 0.6) is 0 Å². The lowest BCUT2D eigenvalue weighted by Crippen LogP contribution is -2.69. The van der Waals surface area contributed by atoms with Gasteiger partial charge < -0.3 is 19.7 Å². The molecule has 2 fully saturated rings. The molecule has 2 aromatic carbocycles.